The molecule has 7 nitrogen and oxygen atoms in total. The second kappa shape index (κ2) is 9.11. The van der Waals surface area contributed by atoms with E-state index in [1.165, 1.54) is 19.2 Å². The number of hydrogen-bond donors (Lipinski definition) is 3. The van der Waals surface area contributed by atoms with Crippen LogP contribution >= 0.6 is 0 Å². The highest BCUT2D eigenvalue weighted by Gasteiger charge is 2.19. The first-order valence-electron chi connectivity index (χ1n) is 10.3. The second-order valence-electron chi connectivity index (χ2n) is 7.55. The van der Waals surface area contributed by atoms with Gasteiger partial charge < -0.3 is 24.9 Å². The molecule has 1 heterocycles. The van der Waals surface area contributed by atoms with Gasteiger partial charge in [-0.05, 0) is 54.4 Å². The number of carbonyl (C=O) groups excluding carboxylic acids is 1. The third-order valence-electron chi connectivity index (χ3n) is 5.22. The van der Waals surface area contributed by atoms with Crippen molar-refractivity contribution < 1.29 is 19.1 Å². The van der Waals surface area contributed by atoms with Gasteiger partial charge in [0.15, 0.2) is 5.43 Å². The van der Waals surface area contributed by atoms with Gasteiger partial charge >= 0.3 is 0 Å². The predicted octanol–water partition coefficient (Wildman–Crippen LogP) is 3.75. The monoisotopic (exact) mass is 432 g/mol. The molecule has 32 heavy (non-hydrogen) atoms. The largest absolute Gasteiger partial charge is 0.508 e. The molecule has 2 aromatic carbocycles. The molecule has 0 spiro atoms. The zero-order valence-electron chi connectivity index (χ0n) is 17.9. The Bertz CT molecular complexity index is 1310. The molecule has 0 aromatic heterocycles. The van der Waals surface area contributed by atoms with Crippen LogP contribution in [0.3, 0.4) is 0 Å². The first-order valence-corrected chi connectivity index (χ1v) is 10.3. The Morgan fingerprint density at radius 1 is 1.03 bits per heavy atom. The maximum Gasteiger partial charge on any atom is 0.246 e. The first kappa shape index (κ1) is 21.4. The fourth-order valence-corrected chi connectivity index (χ4v) is 3.79. The van der Waals surface area contributed by atoms with Crippen molar-refractivity contribution in [2.45, 2.75) is 6.92 Å². The van der Waals surface area contributed by atoms with E-state index < -0.39 is 0 Å². The van der Waals surface area contributed by atoms with Gasteiger partial charge in [0.1, 0.15) is 23.7 Å². The van der Waals surface area contributed by atoms with E-state index in [1.807, 2.05) is 31.2 Å². The minimum absolute atomic E-state index is 0.0463. The quantitative estimate of drug-likeness (QED) is 0.304. The van der Waals surface area contributed by atoms with E-state index in [1.54, 1.807) is 18.2 Å². The number of aryl methyl sites for hydroxylation is 1. The summed E-state index contributed by atoms with van der Waals surface area (Å²) < 4.78 is 10.7. The van der Waals surface area contributed by atoms with Gasteiger partial charge in [0.25, 0.3) is 0 Å². The summed E-state index contributed by atoms with van der Waals surface area (Å²) in [4.78, 5) is 23.4. The van der Waals surface area contributed by atoms with Crippen LogP contribution in [0.5, 0.6) is 5.75 Å². The molecule has 3 N–H and O–H groups in total. The summed E-state index contributed by atoms with van der Waals surface area (Å²) in [5.41, 5.74) is 5.10. The number of rotatable bonds is 7. The Morgan fingerprint density at radius 2 is 1.84 bits per heavy atom. The number of methoxy groups -OCH3 is 1. The number of nitrogens with one attached hydrogen (secondary N) is 2. The van der Waals surface area contributed by atoms with Gasteiger partial charge in [0.2, 0.25) is 5.91 Å². The van der Waals surface area contributed by atoms with Gasteiger partial charge in [-0.25, -0.2) is 0 Å². The van der Waals surface area contributed by atoms with Crippen molar-refractivity contribution in [3.05, 3.63) is 70.4 Å². The number of hydrogen-bond acceptors (Lipinski definition) is 6. The van der Waals surface area contributed by atoms with Crippen LogP contribution in [0.4, 0.5) is 5.69 Å². The molecule has 7 heteroatoms. The molecule has 2 aromatic rings. The molecule has 0 bridgehead atoms. The first-order chi connectivity index (χ1) is 15.5. The second-order valence-corrected chi connectivity index (χ2v) is 7.55. The van der Waals surface area contributed by atoms with E-state index in [-0.39, 0.29) is 23.7 Å². The fraction of sp³-hybridized carbons (Fsp3) is 0.200. The maximum absolute atomic E-state index is 11.9. The Kier molecular flexibility index (Phi) is 6.09. The van der Waals surface area contributed by atoms with Crippen molar-refractivity contribution in [3.63, 3.8) is 0 Å². The number of phenolic OH excluding ortho intramolecular Hbond substituents is 1. The molecule has 0 atom stereocenters. The van der Waals surface area contributed by atoms with Crippen LogP contribution in [-0.2, 0) is 9.53 Å². The Hall–Kier alpha value is -3.84. The van der Waals surface area contributed by atoms with Crippen molar-refractivity contribution in [2.75, 3.05) is 32.1 Å². The third-order valence-corrected chi connectivity index (χ3v) is 5.22. The van der Waals surface area contributed by atoms with Crippen molar-refractivity contribution in [2.24, 2.45) is 0 Å². The molecule has 0 radical (unpaired) electrons. The normalized spacial score (nSPS) is 11.1. The number of amides is 1. The smallest absolute Gasteiger partial charge is 0.246 e. The summed E-state index contributed by atoms with van der Waals surface area (Å²) >= 11 is 0. The predicted molar refractivity (Wildman–Crippen MR) is 124 cm³/mol. The molecule has 164 valence electrons. The number of fused-ring (bicyclic) bond motifs is 2. The lowest BCUT2D eigenvalue weighted by Crippen LogP contribution is -2.31. The van der Waals surface area contributed by atoms with Crippen molar-refractivity contribution in [1.29, 1.82) is 0 Å². The number of phenols is 1. The Balaban J connectivity index is 1.68. The third kappa shape index (κ3) is 4.43. The number of carbonyl (C=O) groups is 1. The van der Waals surface area contributed by atoms with Gasteiger partial charge in [-0.2, -0.15) is 0 Å². The molecule has 1 aliphatic carbocycles. The van der Waals surface area contributed by atoms with E-state index in [0.29, 0.717) is 24.4 Å². The molecule has 1 amide bonds. The van der Waals surface area contributed by atoms with E-state index in [9.17, 15) is 14.7 Å². The molecule has 4 rings (SSSR count). The van der Waals surface area contributed by atoms with Gasteiger partial charge in [-0.15, -0.1) is 0 Å². The lowest BCUT2D eigenvalue weighted by atomic mass is 9.91. The average molecular weight is 432 g/mol. The number of benzene rings is 3. The Morgan fingerprint density at radius 3 is 2.62 bits per heavy atom. The average Bonchev–Trinajstić information content (AvgIpc) is 2.75. The molecule has 0 fully saturated rings. The van der Waals surface area contributed by atoms with Crippen molar-refractivity contribution in [3.8, 4) is 28.2 Å². The van der Waals surface area contributed by atoms with E-state index >= 15 is 0 Å². The molecule has 1 aliphatic heterocycles. The Labute approximate surface area is 185 Å². The molecule has 0 saturated heterocycles. The summed E-state index contributed by atoms with van der Waals surface area (Å²) in [5.74, 6) is 0.416. The van der Waals surface area contributed by atoms with Gasteiger partial charge in [-0.1, -0.05) is 6.07 Å². The van der Waals surface area contributed by atoms with Gasteiger partial charge in [0.05, 0.1) is 0 Å². The zero-order valence-corrected chi connectivity index (χ0v) is 17.9. The highest BCUT2D eigenvalue weighted by molar-refractivity contribution is 6.02. The van der Waals surface area contributed by atoms with Crippen LogP contribution in [-0.4, -0.2) is 37.8 Å². The topological polar surface area (TPSA) is 101 Å². The lowest BCUT2D eigenvalue weighted by molar-refractivity contribution is -0.124. The zero-order chi connectivity index (χ0) is 22.7. The van der Waals surface area contributed by atoms with E-state index in [2.05, 4.69) is 10.6 Å². The molecule has 0 unspecified atom stereocenters. The number of aromatic hydroxyl groups is 1. The molecule has 0 saturated carbocycles. The van der Waals surface area contributed by atoms with Crippen LogP contribution in [0.25, 0.3) is 33.4 Å². The summed E-state index contributed by atoms with van der Waals surface area (Å²) in [6.07, 6.45) is 0. The number of anilines is 1. The van der Waals surface area contributed by atoms with Crippen LogP contribution in [0, 0.1) is 6.92 Å². The van der Waals surface area contributed by atoms with Crippen LogP contribution in [0.2, 0.25) is 0 Å². The minimum atomic E-state index is -0.152. The molecular weight excluding hydrogens is 408 g/mol. The maximum atomic E-state index is 11.9. The standard InChI is InChI=1S/C25H24N2O5/c1-15-11-16(26-9-10-27-24(30)14-31-2)3-6-19(15)25-20-7-4-17(28)12-22(20)32-23-13-18(29)5-8-21(23)25/h3-8,11-13,26,28H,9-10,14H2,1-2H3,(H,27,30). The fourth-order valence-electron chi connectivity index (χ4n) is 3.79. The van der Waals surface area contributed by atoms with E-state index in [4.69, 9.17) is 9.15 Å². The van der Waals surface area contributed by atoms with Crippen molar-refractivity contribution >= 4 is 22.6 Å². The van der Waals surface area contributed by atoms with Crippen molar-refractivity contribution in [1.82, 2.24) is 5.32 Å². The SMILES string of the molecule is COCC(=O)NCCNc1ccc(-c2c3ccc(=O)cc-3oc3cc(O)ccc23)c(C)c1. The van der Waals surface area contributed by atoms with E-state index in [0.717, 1.165) is 33.3 Å². The lowest BCUT2D eigenvalue weighted by Gasteiger charge is -2.17. The summed E-state index contributed by atoms with van der Waals surface area (Å²) in [5, 5.41) is 16.8. The highest BCUT2D eigenvalue weighted by atomic mass is 16.5. The summed E-state index contributed by atoms with van der Waals surface area (Å²) in [6, 6.07) is 15.8. The molecule has 2 aliphatic rings. The summed E-state index contributed by atoms with van der Waals surface area (Å²) in [6.45, 7) is 3.13. The van der Waals surface area contributed by atoms with Gasteiger partial charge in [-0.3, -0.25) is 9.59 Å². The van der Waals surface area contributed by atoms with Gasteiger partial charge in [0, 0.05) is 54.5 Å². The van der Waals surface area contributed by atoms with Crippen LogP contribution in [0.1, 0.15) is 5.56 Å². The van der Waals surface area contributed by atoms with Crippen LogP contribution in [0.15, 0.2) is 63.8 Å². The van der Waals surface area contributed by atoms with Crippen LogP contribution < -0.4 is 16.1 Å². The summed E-state index contributed by atoms with van der Waals surface area (Å²) in [7, 11) is 1.48. The molecular formula is C25H24N2O5. The number of ether oxygens (including phenoxy) is 1. The minimum Gasteiger partial charge on any atom is -0.508 e. The highest BCUT2D eigenvalue weighted by Crippen LogP contribution is 2.42.